The lowest BCUT2D eigenvalue weighted by Crippen LogP contribution is -2.71. The highest BCUT2D eigenvalue weighted by molar-refractivity contribution is 9.24. The third-order valence-corrected chi connectivity index (χ3v) is 8.16. The van der Waals surface area contributed by atoms with E-state index in [0.29, 0.717) is 0 Å². The molecule has 0 aromatic carbocycles. The van der Waals surface area contributed by atoms with E-state index in [4.69, 9.17) is 5.73 Å². The topological polar surface area (TPSA) is 43.1 Å². The molecule has 3 atom stereocenters. The number of carbonyl (C=O) groups is 1. The Kier molecular flexibility index (Phi) is 2.66. The summed E-state index contributed by atoms with van der Waals surface area (Å²) in [5.74, 6) is -0.164. The van der Waals surface area contributed by atoms with Gasteiger partial charge >= 0.3 is 0 Å². The SMILES string of the molecule is CC1(C)[C@]2(C(Br)Br)CC[C@@]1(C(N)=O)[C@@H]2Br. The summed E-state index contributed by atoms with van der Waals surface area (Å²) in [6.07, 6.45) is 1.92. The van der Waals surface area contributed by atoms with Crippen LogP contribution in [0.15, 0.2) is 0 Å². The molecule has 2 bridgehead atoms. The van der Waals surface area contributed by atoms with Gasteiger partial charge < -0.3 is 5.73 Å². The molecule has 3 rings (SSSR count). The standard InChI is InChI=1S/C10H14Br3NO/c1-8(2)9(6(12)13)3-4-10(8,5(9)11)7(14)15/h5-6H,3-4H2,1-2H3,(H2,14,15)/t5-,9-,10+/m1/s1. The predicted molar refractivity (Wildman–Crippen MR) is 71.4 cm³/mol. The second-order valence-corrected chi connectivity index (χ2v) is 9.14. The number of alkyl halides is 3. The molecule has 3 fully saturated rings. The molecule has 0 radical (unpaired) electrons. The maximum atomic E-state index is 11.7. The first kappa shape index (κ1) is 12.4. The summed E-state index contributed by atoms with van der Waals surface area (Å²) in [7, 11) is 0. The molecule has 15 heavy (non-hydrogen) atoms. The van der Waals surface area contributed by atoms with Crippen LogP contribution in [0.1, 0.15) is 26.7 Å². The zero-order valence-corrected chi connectivity index (χ0v) is 13.4. The molecule has 0 saturated heterocycles. The summed E-state index contributed by atoms with van der Waals surface area (Å²) >= 11 is 10.9. The summed E-state index contributed by atoms with van der Waals surface area (Å²) in [4.78, 5) is 11.9. The van der Waals surface area contributed by atoms with Gasteiger partial charge in [0, 0.05) is 10.2 Å². The molecule has 0 heterocycles. The van der Waals surface area contributed by atoms with Gasteiger partial charge in [-0.25, -0.2) is 0 Å². The van der Waals surface area contributed by atoms with Crippen LogP contribution in [0.3, 0.4) is 0 Å². The van der Waals surface area contributed by atoms with Gasteiger partial charge in [-0.3, -0.25) is 4.79 Å². The van der Waals surface area contributed by atoms with Crippen LogP contribution >= 0.6 is 47.8 Å². The van der Waals surface area contributed by atoms with Gasteiger partial charge in [0.15, 0.2) is 0 Å². The minimum Gasteiger partial charge on any atom is -0.369 e. The molecule has 86 valence electrons. The van der Waals surface area contributed by atoms with Gasteiger partial charge in [0.2, 0.25) is 5.91 Å². The van der Waals surface area contributed by atoms with Crippen LogP contribution in [0, 0.1) is 16.2 Å². The Morgan fingerprint density at radius 1 is 1.40 bits per heavy atom. The van der Waals surface area contributed by atoms with Crippen molar-refractivity contribution in [2.75, 3.05) is 0 Å². The first-order chi connectivity index (χ1) is 6.75. The Morgan fingerprint density at radius 2 is 1.93 bits per heavy atom. The lowest BCUT2D eigenvalue weighted by molar-refractivity contribution is -0.158. The molecule has 0 aliphatic heterocycles. The number of hydrogen-bond acceptors (Lipinski definition) is 1. The third kappa shape index (κ3) is 0.998. The van der Waals surface area contributed by atoms with Crippen LogP contribution < -0.4 is 5.73 Å². The number of hydrogen-bond donors (Lipinski definition) is 1. The van der Waals surface area contributed by atoms with Crippen LogP contribution in [0.25, 0.3) is 0 Å². The molecule has 3 aliphatic rings. The maximum Gasteiger partial charge on any atom is 0.225 e. The Balaban J connectivity index is 2.50. The second-order valence-electron chi connectivity index (χ2n) is 5.16. The molecule has 2 N–H and O–H groups in total. The van der Waals surface area contributed by atoms with Gasteiger partial charge in [-0.15, -0.1) is 0 Å². The first-order valence-electron chi connectivity index (χ1n) is 4.97. The fourth-order valence-electron chi connectivity index (χ4n) is 3.74. The van der Waals surface area contributed by atoms with Crippen molar-refractivity contribution in [1.82, 2.24) is 0 Å². The van der Waals surface area contributed by atoms with Crippen LogP contribution in [0.5, 0.6) is 0 Å². The van der Waals surface area contributed by atoms with Crippen molar-refractivity contribution in [2.24, 2.45) is 22.0 Å². The third-order valence-electron chi connectivity index (χ3n) is 4.93. The highest BCUT2D eigenvalue weighted by Crippen LogP contribution is 2.82. The molecule has 5 heteroatoms. The van der Waals surface area contributed by atoms with Crippen molar-refractivity contribution in [1.29, 1.82) is 0 Å². The van der Waals surface area contributed by atoms with Crippen molar-refractivity contribution < 1.29 is 4.79 Å². The van der Waals surface area contributed by atoms with Crippen LogP contribution in [-0.2, 0) is 4.79 Å². The zero-order valence-electron chi connectivity index (χ0n) is 8.69. The summed E-state index contributed by atoms with van der Waals surface area (Å²) in [6.45, 7) is 4.30. The fourth-order valence-corrected chi connectivity index (χ4v) is 8.67. The van der Waals surface area contributed by atoms with E-state index in [9.17, 15) is 4.79 Å². The maximum absolute atomic E-state index is 11.7. The minimum atomic E-state index is -0.368. The number of amides is 1. The van der Waals surface area contributed by atoms with Gasteiger partial charge in [0.25, 0.3) is 0 Å². The Hall–Kier alpha value is 0.910. The van der Waals surface area contributed by atoms with E-state index in [1.54, 1.807) is 0 Å². The largest absolute Gasteiger partial charge is 0.369 e. The summed E-state index contributed by atoms with van der Waals surface area (Å²) in [6, 6.07) is 0. The molecule has 1 amide bonds. The molecule has 2 nitrogen and oxygen atoms in total. The average Bonchev–Trinajstić information content (AvgIpc) is 2.53. The van der Waals surface area contributed by atoms with Gasteiger partial charge in [-0.05, 0) is 18.3 Å². The number of fused-ring (bicyclic) bond motifs is 1. The van der Waals surface area contributed by atoms with E-state index in [0.717, 1.165) is 12.8 Å². The quantitative estimate of drug-likeness (QED) is 0.707. The van der Waals surface area contributed by atoms with E-state index >= 15 is 0 Å². The van der Waals surface area contributed by atoms with Crippen molar-refractivity contribution >= 4 is 53.7 Å². The van der Waals surface area contributed by atoms with E-state index < -0.39 is 0 Å². The first-order valence-corrected chi connectivity index (χ1v) is 7.72. The summed E-state index contributed by atoms with van der Waals surface area (Å²) in [5, 5.41) is 0. The molecular formula is C10H14Br3NO. The zero-order chi connectivity index (χ0) is 11.6. The predicted octanol–water partition coefficient (Wildman–Crippen LogP) is 3.16. The highest BCUT2D eigenvalue weighted by atomic mass is 79.9. The number of primary amides is 1. The molecule has 3 saturated carbocycles. The Morgan fingerprint density at radius 3 is 2.13 bits per heavy atom. The van der Waals surface area contributed by atoms with E-state index in [-0.39, 0.29) is 30.7 Å². The summed E-state index contributed by atoms with van der Waals surface area (Å²) < 4.78 is 0.215. The van der Waals surface area contributed by atoms with Crippen molar-refractivity contribution in [3.05, 3.63) is 0 Å². The van der Waals surface area contributed by atoms with E-state index in [1.807, 2.05) is 0 Å². The number of nitrogens with two attached hydrogens (primary N) is 1. The molecule has 0 unspecified atom stereocenters. The second kappa shape index (κ2) is 3.22. The van der Waals surface area contributed by atoms with Gasteiger partial charge in [-0.1, -0.05) is 61.6 Å². The molecule has 0 spiro atoms. The highest BCUT2D eigenvalue weighted by Gasteiger charge is 2.82. The Labute approximate surface area is 115 Å². The number of rotatable bonds is 2. The van der Waals surface area contributed by atoms with Crippen molar-refractivity contribution in [3.8, 4) is 0 Å². The average molecular weight is 404 g/mol. The Bertz CT molecular complexity index is 331. The van der Waals surface area contributed by atoms with Crippen molar-refractivity contribution in [3.63, 3.8) is 0 Å². The van der Waals surface area contributed by atoms with Gasteiger partial charge in [-0.2, -0.15) is 0 Å². The van der Waals surface area contributed by atoms with Gasteiger partial charge in [0.05, 0.1) is 9.15 Å². The van der Waals surface area contributed by atoms with Crippen LogP contribution in [0.2, 0.25) is 0 Å². The molecular weight excluding hydrogens is 390 g/mol. The molecule has 0 aromatic rings. The van der Waals surface area contributed by atoms with E-state index in [1.165, 1.54) is 0 Å². The molecule has 0 aromatic heterocycles. The van der Waals surface area contributed by atoms with Gasteiger partial charge in [0.1, 0.15) is 0 Å². The van der Waals surface area contributed by atoms with E-state index in [2.05, 4.69) is 61.6 Å². The summed E-state index contributed by atoms with van der Waals surface area (Å²) in [5.41, 5.74) is 5.25. The smallest absolute Gasteiger partial charge is 0.225 e. The lowest BCUT2D eigenvalue weighted by Gasteiger charge is -2.65. The van der Waals surface area contributed by atoms with Crippen LogP contribution in [-0.4, -0.2) is 14.5 Å². The molecule has 3 aliphatic carbocycles. The minimum absolute atomic E-state index is 0.0579. The lowest BCUT2D eigenvalue weighted by atomic mass is 9.43. The number of halogens is 3. The number of carbonyl (C=O) groups excluding carboxylic acids is 1. The normalized spacial score (nSPS) is 46.7. The van der Waals surface area contributed by atoms with Crippen LogP contribution in [0.4, 0.5) is 0 Å². The fraction of sp³-hybridized carbons (Fsp3) is 0.900. The monoisotopic (exact) mass is 401 g/mol. The van der Waals surface area contributed by atoms with Crippen molar-refractivity contribution in [2.45, 2.75) is 35.3 Å².